The Hall–Kier alpha value is -2.14. The molecular weight excluding hydrogens is 324 g/mol. The van der Waals surface area contributed by atoms with Crippen LogP contribution in [0.5, 0.6) is 0 Å². The second-order valence-electron chi connectivity index (χ2n) is 8.04. The maximum absolute atomic E-state index is 11.7. The summed E-state index contributed by atoms with van der Waals surface area (Å²) in [5.41, 5.74) is 4.67. The predicted molar refractivity (Wildman–Crippen MR) is 102 cm³/mol. The molecule has 2 aliphatic rings. The first-order valence-electron chi connectivity index (χ1n) is 9.59. The second kappa shape index (κ2) is 6.88. The number of amides is 1. The van der Waals surface area contributed by atoms with Crippen molar-refractivity contribution in [1.82, 2.24) is 20.0 Å². The Bertz CT molecular complexity index is 812. The van der Waals surface area contributed by atoms with Crippen molar-refractivity contribution >= 4 is 5.91 Å². The fourth-order valence-corrected chi connectivity index (χ4v) is 4.72. The highest BCUT2D eigenvalue weighted by Crippen LogP contribution is 2.38. The van der Waals surface area contributed by atoms with Crippen molar-refractivity contribution in [1.29, 1.82) is 0 Å². The third kappa shape index (κ3) is 3.28. The summed E-state index contributed by atoms with van der Waals surface area (Å²) in [7, 11) is 2.22. The SMILES string of the molecule is Cc1cc(C)n(-c2ccccc2CN(C)[C@H]2C[C@H]3CC(=O)NC[C@H]3C2)n1. The Morgan fingerprint density at radius 2 is 2.00 bits per heavy atom. The monoisotopic (exact) mass is 352 g/mol. The van der Waals surface area contributed by atoms with E-state index < -0.39 is 0 Å². The molecule has 1 amide bonds. The van der Waals surface area contributed by atoms with Gasteiger partial charge in [0.05, 0.1) is 11.4 Å². The Labute approximate surface area is 155 Å². The summed E-state index contributed by atoms with van der Waals surface area (Å²) >= 11 is 0. The lowest BCUT2D eigenvalue weighted by atomic mass is 9.89. The number of piperidine rings is 1. The quantitative estimate of drug-likeness (QED) is 0.920. The second-order valence-corrected chi connectivity index (χ2v) is 8.04. The van der Waals surface area contributed by atoms with Crippen LogP contribution >= 0.6 is 0 Å². The summed E-state index contributed by atoms with van der Waals surface area (Å²) in [5, 5.41) is 7.70. The highest BCUT2D eigenvalue weighted by atomic mass is 16.1. The van der Waals surface area contributed by atoms with Crippen molar-refractivity contribution < 1.29 is 4.79 Å². The van der Waals surface area contributed by atoms with Crippen molar-refractivity contribution in [2.75, 3.05) is 13.6 Å². The molecule has 5 nitrogen and oxygen atoms in total. The summed E-state index contributed by atoms with van der Waals surface area (Å²) in [6, 6.07) is 11.2. The summed E-state index contributed by atoms with van der Waals surface area (Å²) in [4.78, 5) is 14.1. The van der Waals surface area contributed by atoms with Gasteiger partial charge in [-0.05, 0) is 63.3 Å². The lowest BCUT2D eigenvalue weighted by Crippen LogP contribution is -2.38. The highest BCUT2D eigenvalue weighted by molar-refractivity contribution is 5.77. The number of rotatable bonds is 4. The van der Waals surface area contributed by atoms with Crippen LogP contribution in [0.2, 0.25) is 0 Å². The van der Waals surface area contributed by atoms with Crippen molar-refractivity contribution in [2.24, 2.45) is 11.8 Å². The van der Waals surface area contributed by atoms with Gasteiger partial charge in [-0.1, -0.05) is 18.2 Å². The number of nitrogens with zero attached hydrogens (tertiary/aromatic N) is 3. The molecule has 2 heterocycles. The van der Waals surface area contributed by atoms with E-state index in [4.69, 9.17) is 0 Å². The molecule has 1 aromatic heterocycles. The zero-order valence-electron chi connectivity index (χ0n) is 15.9. The fourth-order valence-electron chi connectivity index (χ4n) is 4.72. The van der Waals surface area contributed by atoms with E-state index >= 15 is 0 Å². The van der Waals surface area contributed by atoms with E-state index in [1.165, 1.54) is 12.0 Å². The van der Waals surface area contributed by atoms with Gasteiger partial charge in [-0.15, -0.1) is 0 Å². The van der Waals surface area contributed by atoms with Crippen molar-refractivity contribution in [3.63, 3.8) is 0 Å². The normalized spacial score (nSPS) is 25.4. The molecule has 2 aromatic rings. The first-order valence-corrected chi connectivity index (χ1v) is 9.59. The smallest absolute Gasteiger partial charge is 0.220 e. The third-order valence-electron chi connectivity index (χ3n) is 6.10. The number of aryl methyl sites for hydroxylation is 2. The molecule has 2 fully saturated rings. The van der Waals surface area contributed by atoms with Crippen LogP contribution in [0.25, 0.3) is 5.69 Å². The van der Waals surface area contributed by atoms with Gasteiger partial charge in [0.1, 0.15) is 0 Å². The van der Waals surface area contributed by atoms with E-state index in [1.807, 2.05) is 6.92 Å². The molecule has 26 heavy (non-hydrogen) atoms. The van der Waals surface area contributed by atoms with Gasteiger partial charge in [-0.3, -0.25) is 9.69 Å². The van der Waals surface area contributed by atoms with Crippen molar-refractivity contribution in [3.8, 4) is 5.69 Å². The van der Waals surface area contributed by atoms with Crippen LogP contribution < -0.4 is 5.32 Å². The molecule has 0 bridgehead atoms. The Kier molecular flexibility index (Phi) is 4.57. The topological polar surface area (TPSA) is 50.2 Å². The van der Waals surface area contributed by atoms with E-state index in [0.29, 0.717) is 24.3 Å². The maximum Gasteiger partial charge on any atom is 0.220 e. The Balaban J connectivity index is 1.51. The minimum Gasteiger partial charge on any atom is -0.356 e. The molecule has 138 valence electrons. The van der Waals surface area contributed by atoms with E-state index in [-0.39, 0.29) is 5.91 Å². The van der Waals surface area contributed by atoms with Gasteiger partial charge in [0.25, 0.3) is 0 Å². The van der Waals surface area contributed by atoms with Gasteiger partial charge in [0.2, 0.25) is 5.91 Å². The van der Waals surface area contributed by atoms with E-state index in [2.05, 4.69) is 64.3 Å². The van der Waals surface area contributed by atoms with Crippen LogP contribution in [-0.4, -0.2) is 40.2 Å². The van der Waals surface area contributed by atoms with Gasteiger partial charge in [-0.2, -0.15) is 5.10 Å². The molecule has 0 unspecified atom stereocenters. The van der Waals surface area contributed by atoms with Crippen molar-refractivity contribution in [2.45, 2.75) is 45.7 Å². The van der Waals surface area contributed by atoms with Crippen molar-refractivity contribution in [3.05, 3.63) is 47.3 Å². The number of hydrogen-bond donors (Lipinski definition) is 1. The summed E-state index contributed by atoms with van der Waals surface area (Å²) < 4.78 is 2.05. The van der Waals surface area contributed by atoms with E-state index in [0.717, 1.165) is 36.6 Å². The maximum atomic E-state index is 11.7. The molecule has 0 spiro atoms. The number of fused-ring (bicyclic) bond motifs is 1. The zero-order chi connectivity index (χ0) is 18.3. The minimum absolute atomic E-state index is 0.226. The molecule has 1 N–H and O–H groups in total. The number of carbonyl (C=O) groups is 1. The van der Waals surface area contributed by atoms with Crippen LogP contribution in [-0.2, 0) is 11.3 Å². The zero-order valence-corrected chi connectivity index (χ0v) is 15.9. The average molecular weight is 352 g/mol. The fraction of sp³-hybridized carbons (Fsp3) is 0.524. The lowest BCUT2D eigenvalue weighted by Gasteiger charge is -2.25. The molecule has 5 heteroatoms. The number of nitrogens with one attached hydrogen (secondary N) is 1. The molecule has 1 saturated heterocycles. The number of para-hydroxylation sites is 1. The molecule has 1 aromatic carbocycles. The summed E-state index contributed by atoms with van der Waals surface area (Å²) in [6.45, 7) is 5.90. The average Bonchev–Trinajstić information content (AvgIpc) is 3.17. The molecule has 0 radical (unpaired) electrons. The van der Waals surface area contributed by atoms with Crippen LogP contribution in [0.15, 0.2) is 30.3 Å². The number of aromatic nitrogens is 2. The van der Waals surface area contributed by atoms with Gasteiger partial charge >= 0.3 is 0 Å². The predicted octanol–water partition coefficient (Wildman–Crippen LogP) is 2.84. The standard InChI is InChI=1S/C21H28N4O/c1-14-8-15(2)25(23-14)20-7-5-4-6-16(20)13-24(3)19-9-17-11-21(26)22-12-18(17)10-19/h4-8,17-19H,9-13H2,1-3H3,(H,22,26)/t17-,18+,19-/m0/s1. The molecular formula is C21H28N4O. The number of benzene rings is 1. The molecule has 1 aliphatic heterocycles. The molecule has 1 saturated carbocycles. The Morgan fingerprint density at radius 3 is 2.77 bits per heavy atom. The van der Waals surface area contributed by atoms with E-state index in [9.17, 15) is 4.79 Å². The van der Waals surface area contributed by atoms with Crippen LogP contribution in [0, 0.1) is 25.7 Å². The summed E-state index contributed by atoms with van der Waals surface area (Å²) in [6.07, 6.45) is 3.03. The first kappa shape index (κ1) is 17.3. The minimum atomic E-state index is 0.226. The van der Waals surface area contributed by atoms with Gasteiger partial charge in [0, 0.05) is 31.2 Å². The third-order valence-corrected chi connectivity index (χ3v) is 6.10. The summed E-state index contributed by atoms with van der Waals surface area (Å²) in [5.74, 6) is 1.43. The van der Waals surface area contributed by atoms with Gasteiger partial charge in [0.15, 0.2) is 0 Å². The largest absolute Gasteiger partial charge is 0.356 e. The molecule has 4 rings (SSSR count). The number of hydrogen-bond acceptors (Lipinski definition) is 3. The van der Waals surface area contributed by atoms with Crippen LogP contribution in [0.4, 0.5) is 0 Å². The van der Waals surface area contributed by atoms with Gasteiger partial charge < -0.3 is 5.32 Å². The van der Waals surface area contributed by atoms with Crippen LogP contribution in [0.3, 0.4) is 0 Å². The lowest BCUT2D eigenvalue weighted by molar-refractivity contribution is -0.124. The molecule has 1 aliphatic carbocycles. The first-order chi connectivity index (χ1) is 12.5. The van der Waals surface area contributed by atoms with Crippen LogP contribution in [0.1, 0.15) is 36.2 Å². The molecule has 3 atom stereocenters. The van der Waals surface area contributed by atoms with Gasteiger partial charge in [-0.25, -0.2) is 4.68 Å². The highest BCUT2D eigenvalue weighted by Gasteiger charge is 2.39. The number of carbonyl (C=O) groups excluding carboxylic acids is 1. The van der Waals surface area contributed by atoms with E-state index in [1.54, 1.807) is 0 Å². The Morgan fingerprint density at radius 1 is 1.23 bits per heavy atom.